The fraction of sp³-hybridized carbons (Fsp3) is 0.385. The van der Waals surface area contributed by atoms with E-state index in [4.69, 9.17) is 5.11 Å². The van der Waals surface area contributed by atoms with Gasteiger partial charge in [0.25, 0.3) is 5.69 Å². The van der Waals surface area contributed by atoms with Crippen LogP contribution in [0.3, 0.4) is 0 Å². The Balaban J connectivity index is 2.85. The molecule has 114 valence electrons. The SMILES string of the molecule is CCC(C)(NC(=O)Nc1ccc([N+](=O)[O-])cc1C)C(=O)O. The maximum atomic E-state index is 11.8. The van der Waals surface area contributed by atoms with Gasteiger partial charge < -0.3 is 15.7 Å². The Bertz CT molecular complexity index is 587. The van der Waals surface area contributed by atoms with Crippen molar-refractivity contribution in [3.8, 4) is 0 Å². The maximum absolute atomic E-state index is 11.8. The number of carbonyl (C=O) groups is 2. The third-order valence-corrected chi connectivity index (χ3v) is 3.24. The number of carbonyl (C=O) groups excluding carboxylic acids is 1. The molecule has 1 aromatic rings. The number of non-ortho nitro benzene ring substituents is 1. The summed E-state index contributed by atoms with van der Waals surface area (Å²) >= 11 is 0. The first-order valence-corrected chi connectivity index (χ1v) is 6.27. The van der Waals surface area contributed by atoms with Crippen molar-refractivity contribution >= 4 is 23.4 Å². The minimum Gasteiger partial charge on any atom is -0.480 e. The molecule has 0 bridgehead atoms. The van der Waals surface area contributed by atoms with Crippen molar-refractivity contribution in [1.82, 2.24) is 5.32 Å². The van der Waals surface area contributed by atoms with Gasteiger partial charge in [0.2, 0.25) is 0 Å². The molecule has 1 rings (SSSR count). The number of hydrogen-bond donors (Lipinski definition) is 3. The molecule has 0 saturated heterocycles. The summed E-state index contributed by atoms with van der Waals surface area (Å²) in [5, 5.41) is 24.6. The van der Waals surface area contributed by atoms with Gasteiger partial charge in [0, 0.05) is 17.8 Å². The highest BCUT2D eigenvalue weighted by atomic mass is 16.6. The molecule has 0 aliphatic carbocycles. The van der Waals surface area contributed by atoms with Crippen molar-refractivity contribution in [1.29, 1.82) is 0 Å². The molecule has 2 amide bonds. The van der Waals surface area contributed by atoms with Gasteiger partial charge in [-0.05, 0) is 31.9 Å². The van der Waals surface area contributed by atoms with E-state index in [1.54, 1.807) is 13.8 Å². The first-order valence-electron chi connectivity index (χ1n) is 6.27. The molecule has 8 nitrogen and oxygen atoms in total. The van der Waals surface area contributed by atoms with Gasteiger partial charge in [-0.3, -0.25) is 10.1 Å². The molecule has 0 radical (unpaired) electrons. The van der Waals surface area contributed by atoms with Crippen molar-refractivity contribution in [2.24, 2.45) is 0 Å². The lowest BCUT2D eigenvalue weighted by atomic mass is 10.00. The zero-order valence-corrected chi connectivity index (χ0v) is 12.0. The predicted octanol–water partition coefficient (Wildman–Crippen LogP) is 2.28. The van der Waals surface area contributed by atoms with E-state index in [9.17, 15) is 19.7 Å². The molecule has 0 aromatic heterocycles. The number of nitrogens with one attached hydrogen (secondary N) is 2. The number of anilines is 1. The molecule has 0 fully saturated rings. The fourth-order valence-electron chi connectivity index (χ4n) is 1.60. The quantitative estimate of drug-likeness (QED) is 0.568. The predicted molar refractivity (Wildman–Crippen MR) is 76.3 cm³/mol. The van der Waals surface area contributed by atoms with Gasteiger partial charge in [0.1, 0.15) is 5.54 Å². The highest BCUT2D eigenvalue weighted by Gasteiger charge is 2.32. The van der Waals surface area contributed by atoms with Crippen LogP contribution in [-0.4, -0.2) is 27.6 Å². The third kappa shape index (κ3) is 3.91. The Morgan fingerprint density at radius 1 is 1.43 bits per heavy atom. The van der Waals surface area contributed by atoms with Crippen LogP contribution in [0, 0.1) is 17.0 Å². The summed E-state index contributed by atoms with van der Waals surface area (Å²) in [7, 11) is 0. The van der Waals surface area contributed by atoms with Crippen LogP contribution in [0.5, 0.6) is 0 Å². The van der Waals surface area contributed by atoms with E-state index in [1.165, 1.54) is 25.1 Å². The van der Waals surface area contributed by atoms with Crippen LogP contribution in [0.25, 0.3) is 0 Å². The number of carboxylic acids is 1. The standard InChI is InChI=1S/C13H17N3O5/c1-4-13(3,11(17)18)15-12(19)14-10-6-5-9(16(20)21)7-8(10)2/h5-7H,4H2,1-3H3,(H,17,18)(H2,14,15,19). The summed E-state index contributed by atoms with van der Waals surface area (Å²) in [4.78, 5) is 33.0. The number of nitro groups is 1. The molecule has 0 spiro atoms. The zero-order valence-electron chi connectivity index (χ0n) is 12.0. The van der Waals surface area contributed by atoms with E-state index in [0.29, 0.717) is 11.3 Å². The minimum absolute atomic E-state index is 0.0811. The van der Waals surface area contributed by atoms with Crippen molar-refractivity contribution in [2.45, 2.75) is 32.7 Å². The van der Waals surface area contributed by atoms with Crippen molar-refractivity contribution in [2.75, 3.05) is 5.32 Å². The zero-order chi connectivity index (χ0) is 16.2. The number of carboxylic acid groups (broad SMARTS) is 1. The number of nitro benzene ring substituents is 1. The number of aryl methyl sites for hydroxylation is 1. The molecular weight excluding hydrogens is 278 g/mol. The number of hydrogen-bond acceptors (Lipinski definition) is 4. The average molecular weight is 295 g/mol. The van der Waals surface area contributed by atoms with Gasteiger partial charge in [0.05, 0.1) is 4.92 Å². The smallest absolute Gasteiger partial charge is 0.329 e. The second-order valence-electron chi connectivity index (χ2n) is 4.83. The van der Waals surface area contributed by atoms with Gasteiger partial charge in [-0.25, -0.2) is 9.59 Å². The molecule has 8 heteroatoms. The van der Waals surface area contributed by atoms with Crippen molar-refractivity contribution in [3.63, 3.8) is 0 Å². The monoisotopic (exact) mass is 295 g/mol. The number of rotatable bonds is 5. The highest BCUT2D eigenvalue weighted by Crippen LogP contribution is 2.21. The van der Waals surface area contributed by atoms with E-state index in [2.05, 4.69) is 10.6 Å². The van der Waals surface area contributed by atoms with E-state index >= 15 is 0 Å². The lowest BCUT2D eigenvalue weighted by Crippen LogP contribution is -2.53. The Hall–Kier alpha value is -2.64. The lowest BCUT2D eigenvalue weighted by Gasteiger charge is -2.24. The van der Waals surface area contributed by atoms with Crippen LogP contribution in [0.4, 0.5) is 16.2 Å². The summed E-state index contributed by atoms with van der Waals surface area (Å²) in [5.74, 6) is -1.14. The summed E-state index contributed by atoms with van der Waals surface area (Å²) in [6, 6.07) is 3.31. The number of aliphatic carboxylic acids is 1. The largest absolute Gasteiger partial charge is 0.480 e. The molecule has 0 aliphatic heterocycles. The van der Waals surface area contributed by atoms with Crippen LogP contribution in [-0.2, 0) is 4.79 Å². The minimum atomic E-state index is -1.38. The first kappa shape index (κ1) is 16.4. The molecular formula is C13H17N3O5. The van der Waals surface area contributed by atoms with E-state index in [0.717, 1.165) is 0 Å². The van der Waals surface area contributed by atoms with Crippen LogP contribution >= 0.6 is 0 Å². The normalized spacial score (nSPS) is 13.1. The van der Waals surface area contributed by atoms with Gasteiger partial charge in [-0.2, -0.15) is 0 Å². The topological polar surface area (TPSA) is 122 Å². The van der Waals surface area contributed by atoms with Crippen LogP contribution in [0.2, 0.25) is 0 Å². The third-order valence-electron chi connectivity index (χ3n) is 3.24. The van der Waals surface area contributed by atoms with Crippen LogP contribution < -0.4 is 10.6 Å². The Morgan fingerprint density at radius 3 is 2.48 bits per heavy atom. The number of nitrogens with zero attached hydrogens (tertiary/aromatic N) is 1. The van der Waals surface area contributed by atoms with Crippen LogP contribution in [0.1, 0.15) is 25.8 Å². The van der Waals surface area contributed by atoms with Gasteiger partial charge in [-0.1, -0.05) is 6.92 Å². The first-order chi connectivity index (χ1) is 9.69. The van der Waals surface area contributed by atoms with Gasteiger partial charge in [0.15, 0.2) is 0 Å². The van der Waals surface area contributed by atoms with Gasteiger partial charge >= 0.3 is 12.0 Å². The molecule has 3 N–H and O–H groups in total. The maximum Gasteiger partial charge on any atom is 0.329 e. The Labute approximate surface area is 121 Å². The molecule has 0 saturated carbocycles. The van der Waals surface area contributed by atoms with Crippen LogP contribution in [0.15, 0.2) is 18.2 Å². The van der Waals surface area contributed by atoms with Crippen molar-refractivity contribution in [3.05, 3.63) is 33.9 Å². The average Bonchev–Trinajstić information content (AvgIpc) is 2.40. The Kier molecular flexibility index (Phi) is 4.85. The highest BCUT2D eigenvalue weighted by molar-refractivity contribution is 5.94. The second-order valence-corrected chi connectivity index (χ2v) is 4.83. The number of benzene rings is 1. The van der Waals surface area contributed by atoms with Gasteiger partial charge in [-0.15, -0.1) is 0 Å². The van der Waals surface area contributed by atoms with E-state index < -0.39 is 22.5 Å². The molecule has 1 aromatic carbocycles. The fourth-order valence-corrected chi connectivity index (χ4v) is 1.60. The summed E-state index contributed by atoms with van der Waals surface area (Å²) in [6.07, 6.45) is 0.217. The summed E-state index contributed by atoms with van der Waals surface area (Å²) in [6.45, 7) is 4.65. The molecule has 1 atom stereocenters. The number of amides is 2. The number of urea groups is 1. The molecule has 21 heavy (non-hydrogen) atoms. The summed E-state index contributed by atoms with van der Waals surface area (Å²) < 4.78 is 0. The van der Waals surface area contributed by atoms with E-state index in [-0.39, 0.29) is 12.1 Å². The lowest BCUT2D eigenvalue weighted by molar-refractivity contribution is -0.384. The second kappa shape index (κ2) is 6.21. The van der Waals surface area contributed by atoms with E-state index in [1.807, 2.05) is 0 Å². The Morgan fingerprint density at radius 2 is 2.05 bits per heavy atom. The van der Waals surface area contributed by atoms with Crippen molar-refractivity contribution < 1.29 is 19.6 Å². The molecule has 1 unspecified atom stereocenters. The molecule has 0 aliphatic rings. The molecule has 0 heterocycles. The summed E-state index contributed by atoms with van der Waals surface area (Å²) in [5.41, 5.74) is -0.573.